The minimum absolute atomic E-state index is 0.388. The van der Waals surface area contributed by atoms with Crippen molar-refractivity contribution in [1.82, 2.24) is 0 Å². The molecule has 3 atom stereocenters. The van der Waals surface area contributed by atoms with Crippen LogP contribution in [0.3, 0.4) is 0 Å². The van der Waals surface area contributed by atoms with Crippen LogP contribution in [0.4, 0.5) is 0 Å². The van der Waals surface area contributed by atoms with Crippen LogP contribution in [0.25, 0.3) is 0 Å². The minimum Gasteiger partial charge on any atom is -0.376 e. The molecule has 0 saturated carbocycles. The molecule has 0 aromatic carbocycles. The molecule has 2 heteroatoms. The highest BCUT2D eigenvalue weighted by Crippen LogP contribution is 2.27. The number of ether oxygens (including phenoxy) is 1. The van der Waals surface area contributed by atoms with Crippen LogP contribution in [0.15, 0.2) is 0 Å². The molecule has 1 fully saturated rings. The third-order valence-electron chi connectivity index (χ3n) is 2.96. The first-order valence-electron chi connectivity index (χ1n) is 5.54. The van der Waals surface area contributed by atoms with Gasteiger partial charge in [0.1, 0.15) is 0 Å². The summed E-state index contributed by atoms with van der Waals surface area (Å²) in [6.45, 7) is 6.51. The Morgan fingerprint density at radius 1 is 1.31 bits per heavy atom. The highest BCUT2D eigenvalue weighted by atomic mass is 16.5. The quantitative estimate of drug-likeness (QED) is 0.732. The highest BCUT2D eigenvalue weighted by molar-refractivity contribution is 4.80. The first-order chi connectivity index (χ1) is 6.13. The summed E-state index contributed by atoms with van der Waals surface area (Å²) < 4.78 is 5.69. The average Bonchev–Trinajstić information content (AvgIpc) is 2.03. The van der Waals surface area contributed by atoms with Crippen molar-refractivity contribution in [3.63, 3.8) is 0 Å². The smallest absolute Gasteiger partial charge is 0.0553 e. The Labute approximate surface area is 81.8 Å². The van der Waals surface area contributed by atoms with E-state index in [4.69, 9.17) is 10.5 Å². The lowest BCUT2D eigenvalue weighted by Gasteiger charge is -2.35. The van der Waals surface area contributed by atoms with Gasteiger partial charge in [0, 0.05) is 6.04 Å². The number of hydrogen-bond donors (Lipinski definition) is 1. The van der Waals surface area contributed by atoms with Gasteiger partial charge in [0.15, 0.2) is 0 Å². The van der Waals surface area contributed by atoms with E-state index in [0.717, 1.165) is 19.3 Å². The van der Waals surface area contributed by atoms with Gasteiger partial charge in [-0.05, 0) is 39.0 Å². The predicted molar refractivity (Wildman–Crippen MR) is 55.6 cm³/mol. The van der Waals surface area contributed by atoms with Crippen molar-refractivity contribution >= 4 is 0 Å². The minimum atomic E-state index is 0.388. The van der Waals surface area contributed by atoms with Crippen molar-refractivity contribution in [3.05, 3.63) is 0 Å². The normalized spacial score (nSPS) is 37.4. The fraction of sp³-hybridized carbons (Fsp3) is 1.00. The number of rotatable bonds is 3. The molecule has 1 aliphatic heterocycles. The lowest BCUT2D eigenvalue weighted by atomic mass is 9.85. The Morgan fingerprint density at radius 3 is 2.31 bits per heavy atom. The van der Waals surface area contributed by atoms with Crippen LogP contribution < -0.4 is 5.73 Å². The van der Waals surface area contributed by atoms with E-state index in [0.29, 0.717) is 24.2 Å². The molecule has 2 nitrogen and oxygen atoms in total. The zero-order valence-electron chi connectivity index (χ0n) is 9.12. The fourth-order valence-electron chi connectivity index (χ4n) is 2.38. The van der Waals surface area contributed by atoms with Crippen molar-refractivity contribution in [2.75, 3.05) is 0 Å². The highest BCUT2D eigenvalue weighted by Gasteiger charge is 2.27. The van der Waals surface area contributed by atoms with Gasteiger partial charge < -0.3 is 10.5 Å². The Hall–Kier alpha value is -0.0800. The number of hydrogen-bond acceptors (Lipinski definition) is 2. The molecule has 1 heterocycles. The molecule has 0 radical (unpaired) electrons. The maximum Gasteiger partial charge on any atom is 0.0553 e. The Morgan fingerprint density at radius 2 is 1.85 bits per heavy atom. The standard InChI is InChI=1S/C11H23NO/c1-4-5-11(12)10-6-8(2)13-9(3)7-10/h8-11H,4-7,12H2,1-3H3. The van der Waals surface area contributed by atoms with Crippen LogP contribution in [-0.4, -0.2) is 18.2 Å². The van der Waals surface area contributed by atoms with E-state index in [2.05, 4.69) is 20.8 Å². The third kappa shape index (κ3) is 3.28. The van der Waals surface area contributed by atoms with Crippen molar-refractivity contribution in [1.29, 1.82) is 0 Å². The largest absolute Gasteiger partial charge is 0.376 e. The van der Waals surface area contributed by atoms with Crippen LogP contribution in [0, 0.1) is 5.92 Å². The second-order valence-electron chi connectivity index (χ2n) is 4.44. The molecule has 0 aromatic heterocycles. The molecule has 1 aliphatic rings. The van der Waals surface area contributed by atoms with Gasteiger partial charge in [-0.3, -0.25) is 0 Å². The molecule has 0 bridgehead atoms. The van der Waals surface area contributed by atoms with Crippen LogP contribution in [0.1, 0.15) is 46.5 Å². The van der Waals surface area contributed by atoms with Gasteiger partial charge in [-0.1, -0.05) is 13.3 Å². The van der Waals surface area contributed by atoms with Crippen molar-refractivity contribution in [2.24, 2.45) is 11.7 Å². The molecule has 0 amide bonds. The SMILES string of the molecule is CCCC(N)C1CC(C)OC(C)C1. The summed E-state index contributed by atoms with van der Waals surface area (Å²) in [5.74, 6) is 0.679. The van der Waals surface area contributed by atoms with Gasteiger partial charge in [-0.2, -0.15) is 0 Å². The molecule has 3 unspecified atom stereocenters. The van der Waals surface area contributed by atoms with Crippen LogP contribution >= 0.6 is 0 Å². The Kier molecular flexibility index (Phi) is 4.20. The topological polar surface area (TPSA) is 35.2 Å². The summed E-state index contributed by atoms with van der Waals surface area (Å²) in [4.78, 5) is 0. The number of nitrogens with two attached hydrogens (primary N) is 1. The molecule has 1 rings (SSSR count). The monoisotopic (exact) mass is 185 g/mol. The molecule has 2 N–H and O–H groups in total. The van der Waals surface area contributed by atoms with E-state index < -0.39 is 0 Å². The van der Waals surface area contributed by atoms with Gasteiger partial charge >= 0.3 is 0 Å². The van der Waals surface area contributed by atoms with E-state index >= 15 is 0 Å². The summed E-state index contributed by atoms with van der Waals surface area (Å²) in [5.41, 5.74) is 6.13. The second kappa shape index (κ2) is 4.97. The Bertz CT molecular complexity index is 139. The maximum atomic E-state index is 6.13. The molecule has 0 aliphatic carbocycles. The summed E-state index contributed by atoms with van der Waals surface area (Å²) >= 11 is 0. The van der Waals surface area contributed by atoms with Crippen LogP contribution in [0.5, 0.6) is 0 Å². The van der Waals surface area contributed by atoms with E-state index in [-0.39, 0.29) is 0 Å². The predicted octanol–water partition coefficient (Wildman–Crippen LogP) is 2.32. The fourth-order valence-corrected chi connectivity index (χ4v) is 2.38. The second-order valence-corrected chi connectivity index (χ2v) is 4.44. The van der Waals surface area contributed by atoms with Crippen molar-refractivity contribution < 1.29 is 4.74 Å². The van der Waals surface area contributed by atoms with Crippen molar-refractivity contribution in [2.45, 2.75) is 64.7 Å². The van der Waals surface area contributed by atoms with Crippen LogP contribution in [0.2, 0.25) is 0 Å². The van der Waals surface area contributed by atoms with Gasteiger partial charge in [-0.15, -0.1) is 0 Å². The van der Waals surface area contributed by atoms with E-state index in [1.54, 1.807) is 0 Å². The summed E-state index contributed by atoms with van der Waals surface area (Å²) in [7, 11) is 0. The van der Waals surface area contributed by atoms with Crippen molar-refractivity contribution in [3.8, 4) is 0 Å². The first kappa shape index (κ1) is 11.0. The zero-order valence-corrected chi connectivity index (χ0v) is 9.12. The van der Waals surface area contributed by atoms with E-state index in [9.17, 15) is 0 Å². The summed E-state index contributed by atoms with van der Waals surface area (Å²) in [5, 5.41) is 0. The average molecular weight is 185 g/mol. The third-order valence-corrected chi connectivity index (χ3v) is 2.96. The van der Waals surface area contributed by atoms with Crippen LogP contribution in [-0.2, 0) is 4.74 Å². The van der Waals surface area contributed by atoms with Gasteiger partial charge in [0.25, 0.3) is 0 Å². The molecule has 13 heavy (non-hydrogen) atoms. The molecular weight excluding hydrogens is 162 g/mol. The molecule has 0 spiro atoms. The lowest BCUT2D eigenvalue weighted by molar-refractivity contribution is -0.0569. The van der Waals surface area contributed by atoms with E-state index in [1.165, 1.54) is 6.42 Å². The molecular formula is C11H23NO. The molecule has 78 valence electrons. The summed E-state index contributed by atoms with van der Waals surface area (Å²) in [6, 6.07) is 0.388. The van der Waals surface area contributed by atoms with E-state index in [1.807, 2.05) is 0 Å². The van der Waals surface area contributed by atoms with Gasteiger partial charge in [-0.25, -0.2) is 0 Å². The van der Waals surface area contributed by atoms with Gasteiger partial charge in [0.05, 0.1) is 12.2 Å². The summed E-state index contributed by atoms with van der Waals surface area (Å²) in [6.07, 6.45) is 5.44. The maximum absolute atomic E-state index is 6.13. The van der Waals surface area contributed by atoms with Gasteiger partial charge in [0.2, 0.25) is 0 Å². The first-order valence-corrected chi connectivity index (χ1v) is 5.54. The lowest BCUT2D eigenvalue weighted by Crippen LogP contribution is -2.39. The molecule has 0 aromatic rings. The molecule has 1 saturated heterocycles. The zero-order chi connectivity index (χ0) is 9.84. The Balaban J connectivity index is 2.40.